The van der Waals surface area contributed by atoms with Gasteiger partial charge in [-0.3, -0.25) is 10.2 Å². The highest BCUT2D eigenvalue weighted by Crippen LogP contribution is 2.28. The maximum Gasteiger partial charge on any atom is 0.356 e. The molecule has 2 aromatic heterocycles. The normalized spacial score (nSPS) is 15.7. The number of aromatic nitrogens is 4. The Morgan fingerprint density at radius 3 is 2.59 bits per heavy atom. The van der Waals surface area contributed by atoms with Crippen LogP contribution in [0.2, 0.25) is 0 Å². The van der Waals surface area contributed by atoms with E-state index in [9.17, 15) is 13.2 Å². The van der Waals surface area contributed by atoms with Crippen LogP contribution in [0.4, 0.5) is 0 Å². The first-order valence-electron chi connectivity index (χ1n) is 6.63. The number of carboxylic acid groups (broad SMARTS) is 1. The van der Waals surface area contributed by atoms with Crippen LogP contribution in [0.15, 0.2) is 4.90 Å². The molecule has 2 aromatic rings. The van der Waals surface area contributed by atoms with Crippen molar-refractivity contribution in [2.45, 2.75) is 31.7 Å². The van der Waals surface area contributed by atoms with E-state index < -0.39 is 16.0 Å². The molecule has 0 saturated heterocycles. The lowest BCUT2D eigenvalue weighted by molar-refractivity contribution is 0.0688. The highest BCUT2D eigenvalue weighted by molar-refractivity contribution is 7.89. The van der Waals surface area contributed by atoms with Crippen LogP contribution in [0.25, 0.3) is 0 Å². The number of aromatic amines is 2. The molecule has 0 aliphatic carbocycles. The van der Waals surface area contributed by atoms with Gasteiger partial charge in [0, 0.05) is 30.8 Å². The van der Waals surface area contributed by atoms with Crippen LogP contribution in [0.5, 0.6) is 0 Å². The van der Waals surface area contributed by atoms with E-state index in [0.717, 1.165) is 0 Å². The van der Waals surface area contributed by atoms with Crippen LogP contribution in [-0.4, -0.2) is 50.7 Å². The van der Waals surface area contributed by atoms with Gasteiger partial charge in [-0.2, -0.15) is 14.5 Å². The van der Waals surface area contributed by atoms with Gasteiger partial charge in [-0.15, -0.1) is 0 Å². The second-order valence-electron chi connectivity index (χ2n) is 5.19. The summed E-state index contributed by atoms with van der Waals surface area (Å²) >= 11 is 0. The average Bonchev–Trinajstić information content (AvgIpc) is 3.01. The molecule has 0 fully saturated rings. The van der Waals surface area contributed by atoms with Gasteiger partial charge < -0.3 is 5.11 Å². The van der Waals surface area contributed by atoms with Crippen LogP contribution in [0, 0.1) is 13.8 Å². The van der Waals surface area contributed by atoms with E-state index >= 15 is 0 Å². The molecule has 3 heterocycles. The van der Waals surface area contributed by atoms with Crippen molar-refractivity contribution in [3.63, 3.8) is 0 Å². The molecule has 9 nitrogen and oxygen atoms in total. The molecule has 0 saturated carbocycles. The zero-order valence-electron chi connectivity index (χ0n) is 12.0. The van der Waals surface area contributed by atoms with Crippen LogP contribution in [-0.2, 0) is 23.0 Å². The lowest BCUT2D eigenvalue weighted by atomic mass is 10.1. The molecule has 1 aliphatic rings. The number of carboxylic acids is 1. The summed E-state index contributed by atoms with van der Waals surface area (Å²) in [4.78, 5) is 11.3. The van der Waals surface area contributed by atoms with Gasteiger partial charge in [0.05, 0.1) is 11.4 Å². The fraction of sp³-hybridized carbons (Fsp3) is 0.417. The summed E-state index contributed by atoms with van der Waals surface area (Å²) < 4.78 is 26.8. The molecule has 1 aliphatic heterocycles. The summed E-state index contributed by atoms with van der Waals surface area (Å²) in [6.45, 7) is 3.51. The molecule has 10 heteroatoms. The number of hydrogen-bond acceptors (Lipinski definition) is 5. The van der Waals surface area contributed by atoms with Gasteiger partial charge in [0.2, 0.25) is 10.0 Å². The second-order valence-corrected chi connectivity index (χ2v) is 7.06. The Balaban J connectivity index is 2.01. The van der Waals surface area contributed by atoms with Gasteiger partial charge in [0.25, 0.3) is 0 Å². The molecule has 22 heavy (non-hydrogen) atoms. The number of fused-ring (bicyclic) bond motifs is 1. The first kappa shape index (κ1) is 14.7. The van der Waals surface area contributed by atoms with Crippen molar-refractivity contribution < 1.29 is 18.3 Å². The number of H-pyrrole nitrogens is 2. The molecular weight excluding hydrogens is 310 g/mol. The molecule has 0 aromatic carbocycles. The van der Waals surface area contributed by atoms with E-state index in [2.05, 4.69) is 20.4 Å². The van der Waals surface area contributed by atoms with Gasteiger partial charge in [0.1, 0.15) is 4.90 Å². The first-order valence-corrected chi connectivity index (χ1v) is 8.07. The maximum absolute atomic E-state index is 12.8. The quantitative estimate of drug-likeness (QED) is 0.738. The topological polar surface area (TPSA) is 132 Å². The third-order valence-corrected chi connectivity index (χ3v) is 5.87. The van der Waals surface area contributed by atoms with E-state index in [-0.39, 0.29) is 23.7 Å². The summed E-state index contributed by atoms with van der Waals surface area (Å²) in [5, 5.41) is 22.1. The highest BCUT2D eigenvalue weighted by Gasteiger charge is 2.34. The molecule has 3 rings (SSSR count). The zero-order chi connectivity index (χ0) is 16.1. The predicted octanol–water partition coefficient (Wildman–Crippen LogP) is 0.195. The van der Waals surface area contributed by atoms with Crippen molar-refractivity contribution in [2.75, 3.05) is 6.54 Å². The Morgan fingerprint density at radius 1 is 1.27 bits per heavy atom. The Morgan fingerprint density at radius 2 is 2.00 bits per heavy atom. The fourth-order valence-corrected chi connectivity index (χ4v) is 4.44. The van der Waals surface area contributed by atoms with Crippen LogP contribution in [0.1, 0.15) is 33.1 Å². The van der Waals surface area contributed by atoms with Gasteiger partial charge >= 0.3 is 5.97 Å². The van der Waals surface area contributed by atoms with Crippen molar-refractivity contribution in [1.29, 1.82) is 0 Å². The predicted molar refractivity (Wildman–Crippen MR) is 74.9 cm³/mol. The number of nitrogens with one attached hydrogen (secondary N) is 2. The molecule has 0 unspecified atom stereocenters. The first-order chi connectivity index (χ1) is 10.3. The summed E-state index contributed by atoms with van der Waals surface area (Å²) in [5.74, 6) is -1.17. The van der Waals surface area contributed by atoms with E-state index in [0.29, 0.717) is 29.1 Å². The van der Waals surface area contributed by atoms with Gasteiger partial charge in [-0.25, -0.2) is 13.2 Å². The van der Waals surface area contributed by atoms with Gasteiger partial charge in [-0.1, -0.05) is 0 Å². The minimum atomic E-state index is -3.74. The van der Waals surface area contributed by atoms with E-state index in [4.69, 9.17) is 5.11 Å². The standard InChI is InChI=1S/C12H15N5O4S/c1-6-11(7(2)14-13-6)22(20,21)17-4-3-9-8(5-17)10(12(18)19)16-15-9/h3-5H2,1-2H3,(H,13,14)(H,15,16)(H,18,19). The maximum atomic E-state index is 12.8. The molecule has 0 radical (unpaired) electrons. The Bertz CT molecular complexity index is 831. The summed E-state index contributed by atoms with van der Waals surface area (Å²) in [7, 11) is -3.74. The van der Waals surface area contributed by atoms with Crippen LogP contribution < -0.4 is 0 Å². The number of sulfonamides is 1. The van der Waals surface area contributed by atoms with Crippen molar-refractivity contribution >= 4 is 16.0 Å². The highest BCUT2D eigenvalue weighted by atomic mass is 32.2. The lowest BCUT2D eigenvalue weighted by Crippen LogP contribution is -2.36. The van der Waals surface area contributed by atoms with E-state index in [1.807, 2.05) is 0 Å². The van der Waals surface area contributed by atoms with Crippen molar-refractivity contribution in [3.8, 4) is 0 Å². The number of carbonyl (C=O) groups is 1. The minimum absolute atomic E-state index is 0.0140. The van der Waals surface area contributed by atoms with Crippen molar-refractivity contribution in [3.05, 3.63) is 28.3 Å². The smallest absolute Gasteiger partial charge is 0.356 e. The molecule has 0 bridgehead atoms. The van der Waals surface area contributed by atoms with Crippen LogP contribution in [0.3, 0.4) is 0 Å². The summed E-state index contributed by atoms with van der Waals surface area (Å²) in [5.41, 5.74) is 1.82. The third-order valence-electron chi connectivity index (χ3n) is 3.76. The summed E-state index contributed by atoms with van der Waals surface area (Å²) in [6.07, 6.45) is 0.394. The average molecular weight is 325 g/mol. The molecule has 0 amide bonds. The van der Waals surface area contributed by atoms with Crippen molar-refractivity contribution in [2.24, 2.45) is 0 Å². The monoisotopic (exact) mass is 325 g/mol. The second kappa shape index (κ2) is 4.92. The fourth-order valence-electron chi connectivity index (χ4n) is 2.70. The molecular formula is C12H15N5O4S. The van der Waals surface area contributed by atoms with Gasteiger partial charge in [0.15, 0.2) is 5.69 Å². The van der Waals surface area contributed by atoms with E-state index in [1.165, 1.54) is 4.31 Å². The molecule has 3 N–H and O–H groups in total. The molecule has 0 spiro atoms. The number of aryl methyl sites for hydroxylation is 2. The number of rotatable bonds is 3. The number of nitrogens with zero attached hydrogens (tertiary/aromatic N) is 3. The van der Waals surface area contributed by atoms with E-state index in [1.54, 1.807) is 13.8 Å². The minimum Gasteiger partial charge on any atom is -0.476 e. The van der Waals surface area contributed by atoms with Crippen molar-refractivity contribution in [1.82, 2.24) is 24.7 Å². The zero-order valence-corrected chi connectivity index (χ0v) is 12.9. The number of hydrogen-bond donors (Lipinski definition) is 3. The van der Waals surface area contributed by atoms with Gasteiger partial charge in [-0.05, 0) is 13.8 Å². The largest absolute Gasteiger partial charge is 0.476 e. The Hall–Kier alpha value is -2.20. The molecule has 118 valence electrons. The summed E-state index contributed by atoms with van der Waals surface area (Å²) in [6, 6.07) is 0. The Labute approximate surface area is 126 Å². The number of aromatic carboxylic acids is 1. The Kier molecular flexibility index (Phi) is 3.29. The lowest BCUT2D eigenvalue weighted by Gasteiger charge is -2.26. The SMILES string of the molecule is Cc1n[nH]c(C)c1S(=O)(=O)N1CCc2[nH]nc(C(=O)O)c2C1. The third kappa shape index (κ3) is 2.11. The van der Waals surface area contributed by atoms with Crippen LogP contribution >= 0.6 is 0 Å². The molecule has 0 atom stereocenters.